The maximum absolute atomic E-state index is 12.3. The van der Waals surface area contributed by atoms with E-state index in [1.165, 1.54) is 16.7 Å². The Balaban J connectivity index is 1.80. The standard InChI is InChI=1S/C14H14N2O3S/c17-13(16-8-20-7-12(16)14(18)19)5-9-6-15-11-4-2-1-3-10(9)11/h1-4,6,12,15H,5,7-8H2,(H,18,19)/t12-/m0/s1. The Labute approximate surface area is 120 Å². The number of carbonyl (C=O) groups is 2. The van der Waals surface area contributed by atoms with Crippen LogP contribution in [0.1, 0.15) is 5.56 Å². The van der Waals surface area contributed by atoms with E-state index in [0.717, 1.165) is 16.5 Å². The normalized spacial score (nSPS) is 18.6. The highest BCUT2D eigenvalue weighted by Gasteiger charge is 2.34. The van der Waals surface area contributed by atoms with Crippen LogP contribution in [0.5, 0.6) is 0 Å². The molecule has 1 atom stereocenters. The SMILES string of the molecule is O=C(O)[C@@H]1CSCN1C(=O)Cc1c[nH]c2ccccc12. The zero-order valence-electron chi connectivity index (χ0n) is 10.7. The molecule has 6 heteroatoms. The molecule has 0 radical (unpaired) electrons. The molecule has 1 aromatic heterocycles. The number of thioether (sulfide) groups is 1. The first-order chi connectivity index (χ1) is 9.66. The molecule has 0 unspecified atom stereocenters. The summed E-state index contributed by atoms with van der Waals surface area (Å²) in [5.74, 6) is -0.137. The number of amides is 1. The summed E-state index contributed by atoms with van der Waals surface area (Å²) in [6.45, 7) is 0. The third kappa shape index (κ3) is 2.27. The van der Waals surface area contributed by atoms with Crippen LogP contribution >= 0.6 is 11.8 Å². The van der Waals surface area contributed by atoms with Gasteiger partial charge in [-0.05, 0) is 11.6 Å². The minimum Gasteiger partial charge on any atom is -0.480 e. The van der Waals surface area contributed by atoms with E-state index in [9.17, 15) is 9.59 Å². The van der Waals surface area contributed by atoms with Crippen molar-refractivity contribution in [2.75, 3.05) is 11.6 Å². The fourth-order valence-corrected chi connectivity index (χ4v) is 3.61. The third-order valence-corrected chi connectivity index (χ3v) is 4.52. The first-order valence-electron chi connectivity index (χ1n) is 6.32. The summed E-state index contributed by atoms with van der Waals surface area (Å²) in [7, 11) is 0. The highest BCUT2D eigenvalue weighted by Crippen LogP contribution is 2.24. The number of aromatic nitrogens is 1. The number of aliphatic carboxylic acids is 1. The first kappa shape index (κ1) is 13.1. The van der Waals surface area contributed by atoms with E-state index in [1.54, 1.807) is 0 Å². The Morgan fingerprint density at radius 3 is 3.00 bits per heavy atom. The molecule has 1 aliphatic rings. The van der Waals surface area contributed by atoms with Crippen molar-refractivity contribution in [1.82, 2.24) is 9.88 Å². The van der Waals surface area contributed by atoms with Gasteiger partial charge in [0.05, 0.1) is 12.3 Å². The number of carboxylic acids is 1. The number of carbonyl (C=O) groups excluding carboxylic acids is 1. The van der Waals surface area contributed by atoms with Crippen molar-refractivity contribution >= 4 is 34.5 Å². The van der Waals surface area contributed by atoms with Crippen molar-refractivity contribution in [3.63, 3.8) is 0 Å². The van der Waals surface area contributed by atoms with E-state index >= 15 is 0 Å². The molecule has 0 saturated carbocycles. The zero-order chi connectivity index (χ0) is 14.1. The Hall–Kier alpha value is -1.95. The van der Waals surface area contributed by atoms with E-state index in [2.05, 4.69) is 4.98 Å². The highest BCUT2D eigenvalue weighted by molar-refractivity contribution is 7.99. The predicted octanol–water partition coefficient (Wildman–Crippen LogP) is 1.70. The molecule has 20 heavy (non-hydrogen) atoms. The van der Waals surface area contributed by atoms with Gasteiger partial charge in [-0.25, -0.2) is 4.79 Å². The minimum absolute atomic E-state index is 0.132. The van der Waals surface area contributed by atoms with Crippen LogP contribution in [-0.4, -0.2) is 44.5 Å². The number of nitrogens with zero attached hydrogens (tertiary/aromatic N) is 1. The first-order valence-corrected chi connectivity index (χ1v) is 7.47. The van der Waals surface area contributed by atoms with E-state index < -0.39 is 12.0 Å². The maximum Gasteiger partial charge on any atom is 0.327 e. The van der Waals surface area contributed by atoms with Gasteiger partial charge < -0.3 is 15.0 Å². The van der Waals surface area contributed by atoms with Gasteiger partial charge in [0.2, 0.25) is 5.91 Å². The van der Waals surface area contributed by atoms with Crippen LogP contribution in [0, 0.1) is 0 Å². The number of rotatable bonds is 3. The summed E-state index contributed by atoms with van der Waals surface area (Å²) < 4.78 is 0. The van der Waals surface area contributed by atoms with E-state index in [4.69, 9.17) is 5.11 Å². The lowest BCUT2D eigenvalue weighted by Crippen LogP contribution is -2.42. The summed E-state index contributed by atoms with van der Waals surface area (Å²) in [5.41, 5.74) is 1.90. The largest absolute Gasteiger partial charge is 0.480 e. The second-order valence-corrected chi connectivity index (χ2v) is 5.75. The zero-order valence-corrected chi connectivity index (χ0v) is 11.5. The van der Waals surface area contributed by atoms with E-state index in [1.807, 2.05) is 30.5 Å². The predicted molar refractivity (Wildman–Crippen MR) is 77.6 cm³/mol. The second kappa shape index (κ2) is 5.20. The van der Waals surface area contributed by atoms with Crippen molar-refractivity contribution in [1.29, 1.82) is 0 Å². The molecule has 104 valence electrons. The van der Waals surface area contributed by atoms with Crippen molar-refractivity contribution in [2.45, 2.75) is 12.5 Å². The van der Waals surface area contributed by atoms with Gasteiger partial charge in [-0.2, -0.15) is 0 Å². The van der Waals surface area contributed by atoms with Gasteiger partial charge in [0, 0.05) is 22.9 Å². The number of benzene rings is 1. The van der Waals surface area contributed by atoms with E-state index in [0.29, 0.717) is 11.6 Å². The van der Waals surface area contributed by atoms with Crippen LogP contribution in [0.3, 0.4) is 0 Å². The smallest absolute Gasteiger partial charge is 0.327 e. The number of hydrogen-bond acceptors (Lipinski definition) is 3. The van der Waals surface area contributed by atoms with Gasteiger partial charge in [-0.1, -0.05) is 18.2 Å². The molecule has 2 aromatic rings. The number of hydrogen-bond donors (Lipinski definition) is 2. The van der Waals surface area contributed by atoms with Crippen LogP contribution in [0.4, 0.5) is 0 Å². The fourth-order valence-electron chi connectivity index (χ4n) is 2.44. The number of carboxylic acid groups (broad SMARTS) is 1. The quantitative estimate of drug-likeness (QED) is 0.902. The Morgan fingerprint density at radius 1 is 1.40 bits per heavy atom. The van der Waals surface area contributed by atoms with Crippen molar-refractivity contribution < 1.29 is 14.7 Å². The van der Waals surface area contributed by atoms with Crippen molar-refractivity contribution in [3.8, 4) is 0 Å². The fraction of sp³-hybridized carbons (Fsp3) is 0.286. The van der Waals surface area contributed by atoms with Crippen LogP contribution in [0.25, 0.3) is 10.9 Å². The Bertz CT molecular complexity index is 667. The second-order valence-electron chi connectivity index (χ2n) is 4.75. The van der Waals surface area contributed by atoms with Crippen LogP contribution in [0.15, 0.2) is 30.5 Å². The molecule has 2 heterocycles. The van der Waals surface area contributed by atoms with Gasteiger partial charge in [0.1, 0.15) is 6.04 Å². The number of para-hydroxylation sites is 1. The lowest BCUT2D eigenvalue weighted by atomic mass is 10.1. The number of fused-ring (bicyclic) bond motifs is 1. The molecule has 1 aromatic carbocycles. The average molecular weight is 290 g/mol. The molecule has 1 amide bonds. The monoisotopic (exact) mass is 290 g/mol. The number of H-pyrrole nitrogens is 1. The molecule has 1 aliphatic heterocycles. The number of aromatic amines is 1. The van der Waals surface area contributed by atoms with Gasteiger partial charge in [0.25, 0.3) is 0 Å². The average Bonchev–Trinajstić information content (AvgIpc) is 3.06. The summed E-state index contributed by atoms with van der Waals surface area (Å²) in [4.78, 5) is 28.0. The molecule has 5 nitrogen and oxygen atoms in total. The topological polar surface area (TPSA) is 73.4 Å². The van der Waals surface area contributed by atoms with Gasteiger partial charge in [-0.15, -0.1) is 11.8 Å². The molecule has 0 bridgehead atoms. The van der Waals surface area contributed by atoms with Crippen LogP contribution in [-0.2, 0) is 16.0 Å². The maximum atomic E-state index is 12.3. The Kier molecular flexibility index (Phi) is 3.40. The third-order valence-electron chi connectivity index (χ3n) is 3.50. The molecule has 0 spiro atoms. The molecular formula is C14H14N2O3S. The lowest BCUT2D eigenvalue weighted by Gasteiger charge is -2.20. The van der Waals surface area contributed by atoms with Crippen molar-refractivity contribution in [2.24, 2.45) is 0 Å². The summed E-state index contributed by atoms with van der Waals surface area (Å²) in [5, 5.41) is 10.1. The lowest BCUT2D eigenvalue weighted by molar-refractivity contribution is -0.147. The minimum atomic E-state index is -0.928. The van der Waals surface area contributed by atoms with Crippen LogP contribution in [0.2, 0.25) is 0 Å². The molecule has 3 rings (SSSR count). The molecular weight excluding hydrogens is 276 g/mol. The highest BCUT2D eigenvalue weighted by atomic mass is 32.2. The summed E-state index contributed by atoms with van der Waals surface area (Å²) in [6.07, 6.45) is 2.05. The van der Waals surface area contributed by atoms with Crippen molar-refractivity contribution in [3.05, 3.63) is 36.0 Å². The Morgan fingerprint density at radius 2 is 2.20 bits per heavy atom. The van der Waals surface area contributed by atoms with Gasteiger partial charge in [0.15, 0.2) is 0 Å². The van der Waals surface area contributed by atoms with Gasteiger partial charge in [-0.3, -0.25) is 4.79 Å². The van der Waals surface area contributed by atoms with E-state index in [-0.39, 0.29) is 12.3 Å². The molecule has 1 saturated heterocycles. The summed E-state index contributed by atoms with van der Waals surface area (Å²) in [6, 6.07) is 7.08. The summed E-state index contributed by atoms with van der Waals surface area (Å²) >= 11 is 1.48. The van der Waals surface area contributed by atoms with Gasteiger partial charge >= 0.3 is 5.97 Å². The molecule has 0 aliphatic carbocycles. The molecule has 2 N–H and O–H groups in total. The molecule has 1 fully saturated rings. The number of nitrogens with one attached hydrogen (secondary N) is 1. The van der Waals surface area contributed by atoms with Crippen LogP contribution < -0.4 is 0 Å².